The van der Waals surface area contributed by atoms with E-state index in [-0.39, 0.29) is 24.0 Å². The van der Waals surface area contributed by atoms with Crippen LogP contribution in [-0.4, -0.2) is 28.8 Å². The minimum Gasteiger partial charge on any atom is -0.478 e. The Morgan fingerprint density at radius 1 is 0.872 bits per heavy atom. The fraction of sp³-hybridized carbons (Fsp3) is 0.194. The largest absolute Gasteiger partial charge is 0.478 e. The maximum Gasteiger partial charge on any atom is 0.335 e. The van der Waals surface area contributed by atoms with Gasteiger partial charge in [0.1, 0.15) is 23.0 Å². The lowest BCUT2D eigenvalue weighted by Crippen LogP contribution is -2.37. The predicted molar refractivity (Wildman–Crippen MR) is 154 cm³/mol. The normalized spacial score (nSPS) is 15.0. The number of hydrogen-bond acceptors (Lipinski definition) is 5. The molecule has 0 fully saturated rings. The Balaban J connectivity index is 0.00000353. The number of carbonyl (C=O) groups is 1. The SMILES string of the molecule is Cl.O=C(O)c1cc(Oc2ccccc2)cc(Oc2ccc3c(c2)C[C@@H](NC[C@H](O)c2cccc(Cl)c2)CC3)c1. The van der Waals surface area contributed by atoms with E-state index in [9.17, 15) is 15.0 Å². The summed E-state index contributed by atoms with van der Waals surface area (Å²) < 4.78 is 12.0. The first-order valence-electron chi connectivity index (χ1n) is 12.5. The van der Waals surface area contributed by atoms with Crippen LogP contribution in [0.3, 0.4) is 0 Å². The molecule has 5 rings (SSSR count). The number of hydrogen-bond donors (Lipinski definition) is 3. The number of aliphatic hydroxyl groups is 1. The Morgan fingerprint density at radius 2 is 1.62 bits per heavy atom. The fourth-order valence-electron chi connectivity index (χ4n) is 4.65. The minimum atomic E-state index is -1.06. The third-order valence-corrected chi connectivity index (χ3v) is 6.82. The van der Waals surface area contributed by atoms with Crippen LogP contribution in [0.2, 0.25) is 5.02 Å². The number of para-hydroxylation sites is 1. The van der Waals surface area contributed by atoms with Crippen molar-refractivity contribution in [2.24, 2.45) is 0 Å². The van der Waals surface area contributed by atoms with E-state index in [0.29, 0.717) is 34.6 Å². The highest BCUT2D eigenvalue weighted by atomic mass is 35.5. The number of carboxylic acid groups (broad SMARTS) is 1. The van der Waals surface area contributed by atoms with Crippen LogP contribution in [0.4, 0.5) is 0 Å². The number of ether oxygens (including phenoxy) is 2. The second-order valence-corrected chi connectivity index (χ2v) is 9.80. The summed E-state index contributed by atoms with van der Waals surface area (Å²) >= 11 is 6.06. The van der Waals surface area contributed by atoms with Crippen molar-refractivity contribution < 1.29 is 24.5 Å². The van der Waals surface area contributed by atoms with Crippen LogP contribution in [0, 0.1) is 0 Å². The number of benzene rings is 4. The van der Waals surface area contributed by atoms with Crippen molar-refractivity contribution in [1.29, 1.82) is 0 Å². The van der Waals surface area contributed by atoms with Crippen molar-refractivity contribution in [2.75, 3.05) is 6.54 Å². The zero-order valence-corrected chi connectivity index (χ0v) is 22.6. The lowest BCUT2D eigenvalue weighted by molar-refractivity contribution is 0.0696. The number of fused-ring (bicyclic) bond motifs is 1. The summed E-state index contributed by atoms with van der Waals surface area (Å²) in [6.07, 6.45) is 2.05. The van der Waals surface area contributed by atoms with Gasteiger partial charge in [0.25, 0.3) is 0 Å². The van der Waals surface area contributed by atoms with Crippen molar-refractivity contribution in [2.45, 2.75) is 31.4 Å². The van der Waals surface area contributed by atoms with E-state index in [2.05, 4.69) is 11.4 Å². The Morgan fingerprint density at radius 3 is 2.33 bits per heavy atom. The van der Waals surface area contributed by atoms with Gasteiger partial charge < -0.3 is 25.0 Å². The second-order valence-electron chi connectivity index (χ2n) is 9.36. The third-order valence-electron chi connectivity index (χ3n) is 6.58. The van der Waals surface area contributed by atoms with E-state index in [4.69, 9.17) is 21.1 Å². The smallest absolute Gasteiger partial charge is 0.335 e. The molecule has 202 valence electrons. The average molecular weight is 566 g/mol. The molecule has 6 nitrogen and oxygen atoms in total. The van der Waals surface area contributed by atoms with Crippen molar-refractivity contribution in [3.05, 3.63) is 118 Å². The van der Waals surface area contributed by atoms with Gasteiger partial charge in [-0.15, -0.1) is 12.4 Å². The molecule has 0 bridgehead atoms. The van der Waals surface area contributed by atoms with E-state index < -0.39 is 12.1 Å². The highest BCUT2D eigenvalue weighted by Crippen LogP contribution is 2.33. The van der Waals surface area contributed by atoms with Gasteiger partial charge in [-0.05, 0) is 84.5 Å². The summed E-state index contributed by atoms with van der Waals surface area (Å²) in [5, 5.41) is 24.2. The van der Waals surface area contributed by atoms with Crippen molar-refractivity contribution >= 4 is 30.0 Å². The number of rotatable bonds is 9. The predicted octanol–water partition coefficient (Wildman–Crippen LogP) is 7.23. The summed E-state index contributed by atoms with van der Waals surface area (Å²) in [4.78, 5) is 11.7. The summed E-state index contributed by atoms with van der Waals surface area (Å²) in [6, 6.07) is 27.3. The number of carboxylic acids is 1. The number of aliphatic hydroxyl groups excluding tert-OH is 1. The Kier molecular flexibility index (Phi) is 9.49. The first-order chi connectivity index (χ1) is 18.4. The lowest BCUT2D eigenvalue weighted by atomic mass is 9.88. The van der Waals surface area contributed by atoms with E-state index >= 15 is 0 Å². The Labute approximate surface area is 238 Å². The van der Waals surface area contributed by atoms with Crippen LogP contribution < -0.4 is 14.8 Å². The third kappa shape index (κ3) is 7.52. The van der Waals surface area contributed by atoms with Crippen molar-refractivity contribution in [3.8, 4) is 23.0 Å². The van der Waals surface area contributed by atoms with E-state index in [1.165, 1.54) is 23.3 Å². The maximum absolute atomic E-state index is 11.7. The van der Waals surface area contributed by atoms with Gasteiger partial charge in [0.2, 0.25) is 0 Å². The number of aryl methyl sites for hydroxylation is 1. The van der Waals surface area contributed by atoms with Crippen LogP contribution in [0.5, 0.6) is 23.0 Å². The van der Waals surface area contributed by atoms with E-state index in [1.54, 1.807) is 30.3 Å². The van der Waals surface area contributed by atoms with Gasteiger partial charge in [-0.3, -0.25) is 0 Å². The molecule has 0 amide bonds. The molecule has 0 heterocycles. The summed E-state index contributed by atoms with van der Waals surface area (Å²) in [5.41, 5.74) is 3.29. The molecule has 0 radical (unpaired) electrons. The molecule has 8 heteroatoms. The molecule has 0 unspecified atom stereocenters. The zero-order valence-electron chi connectivity index (χ0n) is 21.0. The van der Waals surface area contributed by atoms with Crippen LogP contribution in [-0.2, 0) is 12.8 Å². The van der Waals surface area contributed by atoms with Crippen LogP contribution in [0.25, 0.3) is 0 Å². The number of aromatic carboxylic acids is 1. The molecular formula is C31H29Cl2NO5. The molecule has 0 saturated carbocycles. The van der Waals surface area contributed by atoms with Gasteiger partial charge in [0, 0.05) is 23.7 Å². The first-order valence-corrected chi connectivity index (χ1v) is 12.9. The molecule has 0 aromatic heterocycles. The second kappa shape index (κ2) is 13.0. The van der Waals surface area contributed by atoms with E-state index in [0.717, 1.165) is 24.8 Å². The zero-order chi connectivity index (χ0) is 26.5. The quantitative estimate of drug-likeness (QED) is 0.198. The molecule has 1 aliphatic carbocycles. The molecule has 0 spiro atoms. The fourth-order valence-corrected chi connectivity index (χ4v) is 4.85. The molecular weight excluding hydrogens is 537 g/mol. The maximum atomic E-state index is 11.7. The first kappa shape index (κ1) is 28.5. The number of nitrogens with one attached hydrogen (secondary N) is 1. The van der Waals surface area contributed by atoms with Crippen LogP contribution >= 0.6 is 24.0 Å². The average Bonchev–Trinajstić information content (AvgIpc) is 2.92. The molecule has 0 aliphatic heterocycles. The Bertz CT molecular complexity index is 1430. The molecule has 4 aromatic carbocycles. The van der Waals surface area contributed by atoms with E-state index in [1.807, 2.05) is 42.5 Å². The van der Waals surface area contributed by atoms with Crippen molar-refractivity contribution in [1.82, 2.24) is 5.32 Å². The highest BCUT2D eigenvalue weighted by molar-refractivity contribution is 6.30. The molecule has 39 heavy (non-hydrogen) atoms. The van der Waals surface area contributed by atoms with Gasteiger partial charge in [0.05, 0.1) is 11.7 Å². The monoisotopic (exact) mass is 565 g/mol. The van der Waals surface area contributed by atoms with Gasteiger partial charge in [-0.1, -0.05) is 48.0 Å². The van der Waals surface area contributed by atoms with Gasteiger partial charge in [0.15, 0.2) is 0 Å². The number of halogens is 2. The van der Waals surface area contributed by atoms with Gasteiger partial charge in [-0.25, -0.2) is 4.79 Å². The summed E-state index contributed by atoms with van der Waals surface area (Å²) in [7, 11) is 0. The Hall–Kier alpha value is -3.55. The molecule has 1 aliphatic rings. The molecule has 2 atom stereocenters. The topological polar surface area (TPSA) is 88.0 Å². The molecule has 4 aromatic rings. The lowest BCUT2D eigenvalue weighted by Gasteiger charge is -2.27. The summed E-state index contributed by atoms with van der Waals surface area (Å²) in [5.74, 6) is 0.926. The van der Waals surface area contributed by atoms with Crippen LogP contribution in [0.15, 0.2) is 91.0 Å². The highest BCUT2D eigenvalue weighted by Gasteiger charge is 2.20. The summed E-state index contributed by atoms with van der Waals surface area (Å²) in [6.45, 7) is 0.433. The van der Waals surface area contributed by atoms with Gasteiger partial charge >= 0.3 is 5.97 Å². The molecule has 0 saturated heterocycles. The molecule has 3 N–H and O–H groups in total. The van der Waals surface area contributed by atoms with Gasteiger partial charge in [-0.2, -0.15) is 0 Å². The standard InChI is InChI=1S/C31H28ClNO5.ClH/c32-24-6-4-5-21(13-24)30(34)19-33-25-11-9-20-10-12-27(15-22(20)14-25)38-29-17-23(31(35)36)16-28(18-29)37-26-7-2-1-3-8-26;/h1-8,10,12-13,15-18,25,30,33-34H,9,11,14,19H2,(H,35,36);1H/t25-,30-;/m0./s1. The minimum absolute atomic E-state index is 0. The van der Waals surface area contributed by atoms with Crippen molar-refractivity contribution in [3.63, 3.8) is 0 Å². The van der Waals surface area contributed by atoms with Crippen LogP contribution in [0.1, 0.15) is 39.6 Å².